The summed E-state index contributed by atoms with van der Waals surface area (Å²) in [5.74, 6) is -0.186. The predicted octanol–water partition coefficient (Wildman–Crippen LogP) is 0.503. The number of phenolic OH excluding ortho intramolecular Hbond substituents is 2. The summed E-state index contributed by atoms with van der Waals surface area (Å²) >= 11 is 0. The number of nitrogens with zero attached hydrogens (tertiary/aromatic N) is 3. The van der Waals surface area contributed by atoms with Crippen LogP contribution in [0.1, 0.15) is 5.56 Å². The molecule has 5 N–H and O–H groups in total. The molecule has 1 aromatic carbocycles. The molecule has 0 aliphatic carbocycles. The van der Waals surface area contributed by atoms with E-state index in [9.17, 15) is 15.0 Å². The summed E-state index contributed by atoms with van der Waals surface area (Å²) in [4.78, 5) is 24.6. The van der Waals surface area contributed by atoms with Crippen molar-refractivity contribution >= 4 is 23.3 Å². The fourth-order valence-corrected chi connectivity index (χ4v) is 1.68. The highest BCUT2D eigenvalue weighted by atomic mass is 16.3. The second kappa shape index (κ2) is 4.96. The van der Waals surface area contributed by atoms with Crippen LogP contribution in [0.2, 0.25) is 0 Å². The van der Waals surface area contributed by atoms with Gasteiger partial charge in [-0.3, -0.25) is 4.79 Å². The van der Waals surface area contributed by atoms with E-state index in [-0.39, 0.29) is 34.2 Å². The van der Waals surface area contributed by atoms with Crippen molar-refractivity contribution in [3.8, 4) is 11.5 Å². The topological polar surface area (TPSA) is 139 Å². The van der Waals surface area contributed by atoms with Crippen LogP contribution in [-0.4, -0.2) is 36.4 Å². The summed E-state index contributed by atoms with van der Waals surface area (Å²) in [6.45, 7) is 0. The minimum absolute atomic E-state index is 0.206. The van der Waals surface area contributed by atoms with E-state index in [1.165, 1.54) is 24.7 Å². The average molecular weight is 286 g/mol. The number of H-pyrrole nitrogens is 2. The van der Waals surface area contributed by atoms with Gasteiger partial charge >= 0.3 is 0 Å². The molecule has 21 heavy (non-hydrogen) atoms. The van der Waals surface area contributed by atoms with E-state index in [2.05, 4.69) is 30.5 Å². The first kappa shape index (κ1) is 12.7. The number of nitrogens with one attached hydrogen (secondary N) is 3. The number of imidazole rings is 1. The van der Waals surface area contributed by atoms with Crippen molar-refractivity contribution in [3.63, 3.8) is 0 Å². The first-order chi connectivity index (χ1) is 10.1. The molecule has 0 aliphatic heterocycles. The standard InChI is InChI=1S/C12H10N6O3/c19-7-2-1-6(3-8(7)20)4-15-18-12-16-9-10(17-12)13-5-14-11(9)21/h1-5,19-20H,(H3,13,14,16,17,18,21)/b15-4+. The second-order valence-corrected chi connectivity index (χ2v) is 4.13. The Kier molecular flexibility index (Phi) is 2.99. The normalized spacial score (nSPS) is 11.2. The number of hydrazone groups is 1. The SMILES string of the molecule is O=c1[nH]cnc2nc(N/N=C/c3ccc(O)c(O)c3)[nH]c12. The van der Waals surface area contributed by atoms with Gasteiger partial charge in [-0.2, -0.15) is 10.1 Å². The molecule has 0 bridgehead atoms. The van der Waals surface area contributed by atoms with Gasteiger partial charge in [0.1, 0.15) is 0 Å². The molecule has 9 nitrogen and oxygen atoms in total. The summed E-state index contributed by atoms with van der Waals surface area (Å²) in [7, 11) is 0. The Morgan fingerprint density at radius 2 is 2.14 bits per heavy atom. The van der Waals surface area contributed by atoms with Crippen molar-refractivity contribution in [2.75, 3.05) is 5.43 Å². The van der Waals surface area contributed by atoms with Gasteiger partial charge in [-0.1, -0.05) is 0 Å². The molecule has 106 valence electrons. The van der Waals surface area contributed by atoms with E-state index >= 15 is 0 Å². The molecule has 0 fully saturated rings. The summed E-state index contributed by atoms with van der Waals surface area (Å²) in [6.07, 6.45) is 2.68. The number of hydrogen-bond acceptors (Lipinski definition) is 7. The van der Waals surface area contributed by atoms with Crippen LogP contribution in [-0.2, 0) is 0 Å². The fraction of sp³-hybridized carbons (Fsp3) is 0. The lowest BCUT2D eigenvalue weighted by molar-refractivity contribution is 0.403. The quantitative estimate of drug-likeness (QED) is 0.270. The summed E-state index contributed by atoms with van der Waals surface area (Å²) in [5.41, 5.74) is 3.38. The van der Waals surface area contributed by atoms with Crippen molar-refractivity contribution in [2.45, 2.75) is 0 Å². The summed E-state index contributed by atoms with van der Waals surface area (Å²) in [5, 5.41) is 22.4. The number of fused-ring (bicyclic) bond motifs is 1. The molecule has 0 amide bonds. The zero-order valence-corrected chi connectivity index (χ0v) is 10.5. The van der Waals surface area contributed by atoms with Crippen molar-refractivity contribution in [1.29, 1.82) is 0 Å². The monoisotopic (exact) mass is 286 g/mol. The lowest BCUT2D eigenvalue weighted by Crippen LogP contribution is -2.05. The zero-order valence-electron chi connectivity index (χ0n) is 10.5. The molecule has 0 spiro atoms. The molecule has 9 heteroatoms. The van der Waals surface area contributed by atoms with Crippen LogP contribution in [0.15, 0.2) is 34.4 Å². The molecule has 0 atom stereocenters. The van der Waals surface area contributed by atoms with Gasteiger partial charge in [0.2, 0.25) is 5.95 Å². The predicted molar refractivity (Wildman–Crippen MR) is 75.5 cm³/mol. The first-order valence-electron chi connectivity index (χ1n) is 5.88. The van der Waals surface area contributed by atoms with Crippen LogP contribution >= 0.6 is 0 Å². The Labute approximate surface area is 117 Å². The Morgan fingerprint density at radius 1 is 1.29 bits per heavy atom. The highest BCUT2D eigenvalue weighted by molar-refractivity contribution is 5.81. The van der Waals surface area contributed by atoms with Crippen LogP contribution in [0.4, 0.5) is 5.95 Å². The third kappa shape index (κ3) is 2.52. The smallest absolute Gasteiger partial charge is 0.276 e. The van der Waals surface area contributed by atoms with Gasteiger partial charge in [0.05, 0.1) is 12.5 Å². The number of aromatic hydroxyl groups is 2. The number of benzene rings is 1. The minimum Gasteiger partial charge on any atom is -0.504 e. The van der Waals surface area contributed by atoms with Gasteiger partial charge in [0, 0.05) is 0 Å². The largest absolute Gasteiger partial charge is 0.504 e. The van der Waals surface area contributed by atoms with Gasteiger partial charge < -0.3 is 20.2 Å². The molecular formula is C12H10N6O3. The van der Waals surface area contributed by atoms with Gasteiger partial charge in [-0.05, 0) is 23.8 Å². The molecule has 0 aliphatic rings. The summed E-state index contributed by atoms with van der Waals surface area (Å²) in [6, 6.07) is 4.28. The maximum Gasteiger partial charge on any atom is 0.276 e. The lowest BCUT2D eigenvalue weighted by Gasteiger charge is -1.98. The van der Waals surface area contributed by atoms with Gasteiger partial charge in [0.15, 0.2) is 22.7 Å². The van der Waals surface area contributed by atoms with E-state index < -0.39 is 0 Å². The Bertz CT molecular complexity index is 882. The molecule has 0 saturated heterocycles. The third-order valence-corrected chi connectivity index (χ3v) is 2.68. The van der Waals surface area contributed by atoms with E-state index in [4.69, 9.17) is 0 Å². The maximum atomic E-state index is 11.5. The Morgan fingerprint density at radius 3 is 2.90 bits per heavy atom. The van der Waals surface area contributed by atoms with E-state index in [0.717, 1.165) is 0 Å². The molecule has 2 heterocycles. The van der Waals surface area contributed by atoms with Crippen molar-refractivity contribution in [3.05, 3.63) is 40.4 Å². The van der Waals surface area contributed by atoms with E-state index in [1.807, 2.05) is 0 Å². The van der Waals surface area contributed by atoms with Crippen molar-refractivity contribution in [1.82, 2.24) is 19.9 Å². The lowest BCUT2D eigenvalue weighted by atomic mass is 10.2. The van der Waals surface area contributed by atoms with E-state index in [1.54, 1.807) is 6.07 Å². The number of hydrogen-bond donors (Lipinski definition) is 5. The van der Waals surface area contributed by atoms with Crippen LogP contribution in [0.3, 0.4) is 0 Å². The number of aromatic nitrogens is 4. The molecule has 3 aromatic rings. The van der Waals surface area contributed by atoms with Gasteiger partial charge in [-0.15, -0.1) is 0 Å². The van der Waals surface area contributed by atoms with Crippen molar-refractivity contribution in [2.24, 2.45) is 5.10 Å². The second-order valence-electron chi connectivity index (χ2n) is 4.13. The van der Waals surface area contributed by atoms with Gasteiger partial charge in [-0.25, -0.2) is 10.4 Å². The fourth-order valence-electron chi connectivity index (χ4n) is 1.68. The molecule has 0 radical (unpaired) electrons. The van der Waals surface area contributed by atoms with Crippen LogP contribution < -0.4 is 11.0 Å². The highest BCUT2D eigenvalue weighted by Crippen LogP contribution is 2.23. The number of rotatable bonds is 3. The van der Waals surface area contributed by atoms with Crippen LogP contribution in [0, 0.1) is 0 Å². The van der Waals surface area contributed by atoms with Crippen molar-refractivity contribution < 1.29 is 10.2 Å². The van der Waals surface area contributed by atoms with Crippen LogP contribution in [0.25, 0.3) is 11.2 Å². The third-order valence-electron chi connectivity index (χ3n) is 2.68. The number of anilines is 1. The van der Waals surface area contributed by atoms with Gasteiger partial charge in [0.25, 0.3) is 5.56 Å². The molecular weight excluding hydrogens is 276 g/mol. The average Bonchev–Trinajstić information content (AvgIpc) is 2.87. The first-order valence-corrected chi connectivity index (χ1v) is 5.88. The highest BCUT2D eigenvalue weighted by Gasteiger charge is 2.05. The minimum atomic E-state index is -0.326. The number of aromatic amines is 2. The molecule has 2 aromatic heterocycles. The molecule has 0 unspecified atom stereocenters. The summed E-state index contributed by atoms with van der Waals surface area (Å²) < 4.78 is 0. The maximum absolute atomic E-state index is 11.5. The Balaban J connectivity index is 1.79. The Hall–Kier alpha value is -3.36. The number of phenols is 2. The van der Waals surface area contributed by atoms with E-state index in [0.29, 0.717) is 5.56 Å². The molecule has 3 rings (SSSR count). The molecule has 0 saturated carbocycles. The van der Waals surface area contributed by atoms with Crippen LogP contribution in [0.5, 0.6) is 11.5 Å². The zero-order chi connectivity index (χ0) is 14.8.